The second-order valence-electron chi connectivity index (χ2n) is 4.19. The van der Waals surface area contributed by atoms with E-state index in [2.05, 4.69) is 10.2 Å². The van der Waals surface area contributed by atoms with Crippen LogP contribution in [0.3, 0.4) is 0 Å². The maximum Gasteiger partial charge on any atom is 0.273 e. The first-order valence-electron chi connectivity index (χ1n) is 5.52. The normalized spacial score (nSPS) is 25.4. The third-order valence-electron chi connectivity index (χ3n) is 2.96. The van der Waals surface area contributed by atoms with Crippen LogP contribution in [0.25, 0.3) is 0 Å². The van der Waals surface area contributed by atoms with Crippen LogP contribution in [-0.2, 0) is 21.3 Å². The zero-order valence-corrected chi connectivity index (χ0v) is 10.6. The molecule has 0 saturated carbocycles. The molecule has 1 aromatic heterocycles. The Kier molecular flexibility index (Phi) is 3.19. The van der Waals surface area contributed by atoms with Crippen molar-refractivity contribution in [2.45, 2.75) is 38.1 Å². The Balaban J connectivity index is 2.46. The van der Waals surface area contributed by atoms with Crippen LogP contribution >= 0.6 is 0 Å². The van der Waals surface area contributed by atoms with Gasteiger partial charge in [0.25, 0.3) is 15.2 Å². The van der Waals surface area contributed by atoms with Gasteiger partial charge in [-0.1, -0.05) is 6.92 Å². The first kappa shape index (κ1) is 12.5. The molecule has 2 rings (SSSR count). The summed E-state index contributed by atoms with van der Waals surface area (Å²) in [5, 5.41) is 12.5. The van der Waals surface area contributed by atoms with Crippen molar-refractivity contribution >= 4 is 10.0 Å². The monoisotopic (exact) mass is 260 g/mol. The number of hydrogen-bond acceptors (Lipinski definition) is 5. The van der Waals surface area contributed by atoms with E-state index in [1.165, 1.54) is 4.57 Å². The first-order chi connectivity index (χ1) is 7.95. The fraction of sp³-hybridized carbons (Fsp3) is 0.778. The topological polar surface area (TPSA) is 100 Å². The lowest BCUT2D eigenvalue weighted by Crippen LogP contribution is -2.20. The van der Waals surface area contributed by atoms with E-state index in [4.69, 9.17) is 9.88 Å². The fourth-order valence-electron chi connectivity index (χ4n) is 2.04. The van der Waals surface area contributed by atoms with E-state index in [0.29, 0.717) is 24.9 Å². The zero-order chi connectivity index (χ0) is 12.6. The maximum atomic E-state index is 11.3. The summed E-state index contributed by atoms with van der Waals surface area (Å²) in [6.07, 6.45) is 0.740. The molecule has 7 nitrogen and oxygen atoms in total. The van der Waals surface area contributed by atoms with Crippen molar-refractivity contribution in [1.29, 1.82) is 0 Å². The molecule has 0 amide bonds. The Morgan fingerprint density at radius 3 is 2.71 bits per heavy atom. The summed E-state index contributed by atoms with van der Waals surface area (Å²) >= 11 is 0. The van der Waals surface area contributed by atoms with Crippen LogP contribution in [0.4, 0.5) is 0 Å². The van der Waals surface area contributed by atoms with E-state index in [-0.39, 0.29) is 11.3 Å². The molecule has 17 heavy (non-hydrogen) atoms. The number of hydrogen-bond donors (Lipinski definition) is 1. The highest BCUT2D eigenvalue weighted by Crippen LogP contribution is 2.33. The highest BCUT2D eigenvalue weighted by atomic mass is 32.2. The van der Waals surface area contributed by atoms with Crippen LogP contribution in [0.1, 0.15) is 32.2 Å². The number of nitrogens with zero attached hydrogens (tertiary/aromatic N) is 3. The Labute approximate surface area is 100 Å². The van der Waals surface area contributed by atoms with Gasteiger partial charge in [-0.25, -0.2) is 13.6 Å². The zero-order valence-electron chi connectivity index (χ0n) is 9.83. The van der Waals surface area contributed by atoms with Crippen LogP contribution in [0.5, 0.6) is 0 Å². The minimum Gasteiger partial charge on any atom is -0.370 e. The average molecular weight is 260 g/mol. The molecule has 2 atom stereocenters. The van der Waals surface area contributed by atoms with Crippen LogP contribution < -0.4 is 5.14 Å². The van der Waals surface area contributed by atoms with Crippen LogP contribution in [0, 0.1) is 5.92 Å². The highest BCUT2D eigenvalue weighted by molar-refractivity contribution is 7.89. The fourth-order valence-corrected chi connectivity index (χ4v) is 2.73. The number of rotatable bonds is 3. The SMILES string of the molecule is CCn1c(C2OCCC2C)nnc1S(N)(=O)=O. The quantitative estimate of drug-likeness (QED) is 0.827. The first-order valence-corrected chi connectivity index (χ1v) is 7.07. The van der Waals surface area contributed by atoms with Crippen molar-refractivity contribution in [2.75, 3.05) is 6.61 Å². The smallest absolute Gasteiger partial charge is 0.273 e. The van der Waals surface area contributed by atoms with Crippen molar-refractivity contribution in [2.24, 2.45) is 11.1 Å². The summed E-state index contributed by atoms with van der Waals surface area (Å²) < 4.78 is 29.7. The van der Waals surface area contributed by atoms with Gasteiger partial charge >= 0.3 is 0 Å². The molecule has 0 aromatic carbocycles. The predicted molar refractivity (Wildman–Crippen MR) is 59.5 cm³/mol. The lowest BCUT2D eigenvalue weighted by atomic mass is 10.0. The molecule has 0 aliphatic carbocycles. The van der Waals surface area contributed by atoms with Crippen LogP contribution in [-0.4, -0.2) is 29.8 Å². The minimum absolute atomic E-state index is 0.196. The van der Waals surface area contributed by atoms with Gasteiger partial charge in [-0.05, 0) is 19.3 Å². The highest BCUT2D eigenvalue weighted by Gasteiger charge is 2.32. The summed E-state index contributed by atoms with van der Waals surface area (Å²) in [5.41, 5.74) is 0. The molecule has 0 radical (unpaired) electrons. The number of primary sulfonamides is 1. The lowest BCUT2D eigenvalue weighted by Gasteiger charge is -2.14. The van der Waals surface area contributed by atoms with E-state index in [0.717, 1.165) is 6.42 Å². The predicted octanol–water partition coefficient (Wildman–Crippen LogP) is 0.0429. The molecular weight excluding hydrogens is 244 g/mol. The number of aromatic nitrogens is 3. The molecule has 1 aliphatic heterocycles. The molecule has 1 aliphatic rings. The van der Waals surface area contributed by atoms with Crippen molar-refractivity contribution in [3.05, 3.63) is 5.82 Å². The van der Waals surface area contributed by atoms with Crippen molar-refractivity contribution in [1.82, 2.24) is 14.8 Å². The van der Waals surface area contributed by atoms with Gasteiger partial charge in [-0.2, -0.15) is 0 Å². The summed E-state index contributed by atoms with van der Waals surface area (Å²) in [5.74, 6) is 0.847. The Morgan fingerprint density at radius 1 is 1.53 bits per heavy atom. The van der Waals surface area contributed by atoms with Gasteiger partial charge in [0.05, 0.1) is 0 Å². The molecule has 0 bridgehead atoms. The van der Waals surface area contributed by atoms with Gasteiger partial charge < -0.3 is 4.74 Å². The average Bonchev–Trinajstić information content (AvgIpc) is 2.81. The number of ether oxygens (including phenoxy) is 1. The maximum absolute atomic E-state index is 11.3. The van der Waals surface area contributed by atoms with Gasteiger partial charge in [-0.3, -0.25) is 4.57 Å². The van der Waals surface area contributed by atoms with Crippen LogP contribution in [0.2, 0.25) is 0 Å². The Hall–Kier alpha value is -0.990. The third kappa shape index (κ3) is 2.20. The second kappa shape index (κ2) is 4.35. The molecule has 1 aromatic rings. The van der Waals surface area contributed by atoms with Gasteiger partial charge in [0, 0.05) is 13.2 Å². The molecule has 2 N–H and O–H groups in total. The molecular formula is C9H16N4O3S. The van der Waals surface area contributed by atoms with E-state index in [1.807, 2.05) is 13.8 Å². The standard InChI is InChI=1S/C9H16N4O3S/c1-3-13-8(7-6(2)4-5-16-7)11-12-9(13)17(10,14)15/h6-7H,3-5H2,1-2H3,(H2,10,14,15). The van der Waals surface area contributed by atoms with Gasteiger partial charge in [-0.15, -0.1) is 10.2 Å². The van der Waals surface area contributed by atoms with E-state index >= 15 is 0 Å². The van der Waals surface area contributed by atoms with Gasteiger partial charge in [0.15, 0.2) is 5.82 Å². The summed E-state index contributed by atoms with van der Waals surface area (Å²) in [4.78, 5) is 0. The summed E-state index contributed by atoms with van der Waals surface area (Å²) in [6, 6.07) is 0. The molecule has 0 spiro atoms. The van der Waals surface area contributed by atoms with Crippen molar-refractivity contribution < 1.29 is 13.2 Å². The van der Waals surface area contributed by atoms with Gasteiger partial charge in [0.2, 0.25) is 0 Å². The van der Waals surface area contributed by atoms with Crippen LogP contribution in [0.15, 0.2) is 5.16 Å². The number of sulfonamides is 1. The molecule has 2 heterocycles. The largest absolute Gasteiger partial charge is 0.370 e. The summed E-state index contributed by atoms with van der Waals surface area (Å²) in [6.45, 7) is 4.97. The van der Waals surface area contributed by atoms with E-state index < -0.39 is 10.0 Å². The minimum atomic E-state index is -3.84. The molecule has 1 fully saturated rings. The molecule has 2 unspecified atom stereocenters. The Bertz CT molecular complexity index is 510. The van der Waals surface area contributed by atoms with Crippen molar-refractivity contribution in [3.63, 3.8) is 0 Å². The number of nitrogens with two attached hydrogens (primary N) is 1. The van der Waals surface area contributed by atoms with Crippen molar-refractivity contribution in [3.8, 4) is 0 Å². The lowest BCUT2D eigenvalue weighted by molar-refractivity contribution is 0.0836. The molecule has 1 saturated heterocycles. The molecule has 96 valence electrons. The van der Waals surface area contributed by atoms with Gasteiger partial charge in [0.1, 0.15) is 6.10 Å². The third-order valence-corrected chi connectivity index (χ3v) is 3.77. The van der Waals surface area contributed by atoms with E-state index in [9.17, 15) is 8.42 Å². The second-order valence-corrected chi connectivity index (χ2v) is 5.64. The molecule has 8 heteroatoms. The van der Waals surface area contributed by atoms with E-state index in [1.54, 1.807) is 0 Å². The summed E-state index contributed by atoms with van der Waals surface area (Å²) in [7, 11) is -3.84. The Morgan fingerprint density at radius 2 is 2.24 bits per heavy atom.